The van der Waals surface area contributed by atoms with E-state index in [0.29, 0.717) is 43.2 Å². The van der Waals surface area contributed by atoms with E-state index >= 15 is 0 Å². The van der Waals surface area contributed by atoms with Crippen molar-refractivity contribution in [2.75, 3.05) is 39.0 Å². The van der Waals surface area contributed by atoms with Crippen LogP contribution in [0.25, 0.3) is 0 Å². The summed E-state index contributed by atoms with van der Waals surface area (Å²) < 4.78 is 5.14. The number of ether oxygens (including phenoxy) is 1. The summed E-state index contributed by atoms with van der Waals surface area (Å²) in [6.07, 6.45) is 0.783. The van der Waals surface area contributed by atoms with Crippen molar-refractivity contribution >= 4 is 17.5 Å². The fourth-order valence-corrected chi connectivity index (χ4v) is 2.48. The van der Waals surface area contributed by atoms with Gasteiger partial charge in [-0.3, -0.25) is 9.59 Å². The Bertz CT molecular complexity index is 545. The number of nitrogens with zero attached hydrogens (tertiary/aromatic N) is 2. The zero-order chi connectivity index (χ0) is 15.4. The highest BCUT2D eigenvalue weighted by molar-refractivity contribution is 5.95. The van der Waals surface area contributed by atoms with Crippen LogP contribution in [-0.2, 0) is 4.79 Å². The molecule has 2 N–H and O–H groups in total. The van der Waals surface area contributed by atoms with Gasteiger partial charge in [-0.25, -0.2) is 0 Å². The molecular weight excluding hydrogens is 270 g/mol. The molecule has 1 aromatic carbocycles. The maximum Gasteiger partial charge on any atom is 0.254 e. The van der Waals surface area contributed by atoms with Gasteiger partial charge < -0.3 is 20.3 Å². The summed E-state index contributed by atoms with van der Waals surface area (Å²) >= 11 is 0. The number of benzene rings is 1. The van der Waals surface area contributed by atoms with Gasteiger partial charge in [-0.2, -0.15) is 0 Å². The van der Waals surface area contributed by atoms with Crippen molar-refractivity contribution in [2.45, 2.75) is 13.3 Å². The normalized spacial score (nSPS) is 15.5. The van der Waals surface area contributed by atoms with Gasteiger partial charge in [-0.1, -0.05) is 0 Å². The third-order valence-corrected chi connectivity index (χ3v) is 3.64. The zero-order valence-electron chi connectivity index (χ0n) is 12.5. The molecule has 0 aliphatic carbocycles. The third kappa shape index (κ3) is 3.65. The van der Waals surface area contributed by atoms with Crippen LogP contribution in [0.2, 0.25) is 0 Å². The largest absolute Gasteiger partial charge is 0.497 e. The van der Waals surface area contributed by atoms with Crippen LogP contribution in [0.4, 0.5) is 5.69 Å². The lowest BCUT2D eigenvalue weighted by molar-refractivity contribution is -0.128. The zero-order valence-corrected chi connectivity index (χ0v) is 12.5. The summed E-state index contributed by atoms with van der Waals surface area (Å²) in [5.74, 6) is 0.541. The van der Waals surface area contributed by atoms with E-state index in [2.05, 4.69) is 0 Å². The fourth-order valence-electron chi connectivity index (χ4n) is 2.48. The predicted molar refractivity (Wildman–Crippen MR) is 80.2 cm³/mol. The Labute approximate surface area is 124 Å². The van der Waals surface area contributed by atoms with Crippen LogP contribution >= 0.6 is 0 Å². The van der Waals surface area contributed by atoms with Crippen molar-refractivity contribution in [1.29, 1.82) is 0 Å². The Morgan fingerprint density at radius 3 is 2.43 bits per heavy atom. The summed E-state index contributed by atoms with van der Waals surface area (Å²) in [6.45, 7) is 4.00. The molecule has 0 atom stereocenters. The summed E-state index contributed by atoms with van der Waals surface area (Å²) in [6, 6.07) is 5.02. The first-order valence-corrected chi connectivity index (χ1v) is 7.00. The maximum atomic E-state index is 12.6. The number of nitrogens with two attached hydrogens (primary N) is 1. The Hall–Kier alpha value is -2.24. The highest BCUT2D eigenvalue weighted by Gasteiger charge is 2.21. The Balaban J connectivity index is 2.13. The van der Waals surface area contributed by atoms with Crippen LogP contribution in [0.5, 0.6) is 5.75 Å². The molecule has 1 aromatic rings. The molecule has 0 bridgehead atoms. The van der Waals surface area contributed by atoms with Gasteiger partial charge >= 0.3 is 0 Å². The van der Waals surface area contributed by atoms with Gasteiger partial charge in [0.05, 0.1) is 7.11 Å². The number of nitrogen functional groups attached to an aromatic ring is 1. The molecule has 6 nitrogen and oxygen atoms in total. The second-order valence-electron chi connectivity index (χ2n) is 5.15. The van der Waals surface area contributed by atoms with Gasteiger partial charge in [0.2, 0.25) is 5.91 Å². The quantitative estimate of drug-likeness (QED) is 0.824. The lowest BCUT2D eigenvalue weighted by Gasteiger charge is -2.21. The van der Waals surface area contributed by atoms with E-state index < -0.39 is 0 Å². The second kappa shape index (κ2) is 6.47. The van der Waals surface area contributed by atoms with Crippen LogP contribution < -0.4 is 10.5 Å². The number of carbonyl (C=O) groups is 2. The van der Waals surface area contributed by atoms with E-state index in [0.717, 1.165) is 6.42 Å². The number of hydrogen-bond donors (Lipinski definition) is 1. The van der Waals surface area contributed by atoms with E-state index in [-0.39, 0.29) is 11.8 Å². The van der Waals surface area contributed by atoms with E-state index in [1.807, 2.05) is 0 Å². The Morgan fingerprint density at radius 1 is 1.10 bits per heavy atom. The van der Waals surface area contributed by atoms with Gasteiger partial charge in [-0.15, -0.1) is 0 Å². The number of amides is 2. The van der Waals surface area contributed by atoms with Gasteiger partial charge in [0.15, 0.2) is 0 Å². The molecule has 114 valence electrons. The third-order valence-electron chi connectivity index (χ3n) is 3.64. The molecule has 1 saturated heterocycles. The molecule has 1 aliphatic rings. The minimum Gasteiger partial charge on any atom is -0.497 e. The monoisotopic (exact) mass is 291 g/mol. The molecule has 2 rings (SSSR count). The molecule has 1 fully saturated rings. The van der Waals surface area contributed by atoms with Crippen LogP contribution in [0, 0.1) is 0 Å². The van der Waals surface area contributed by atoms with E-state index in [9.17, 15) is 9.59 Å². The molecule has 0 saturated carbocycles. The van der Waals surface area contributed by atoms with Gasteiger partial charge in [-0.05, 0) is 18.6 Å². The number of carbonyl (C=O) groups excluding carboxylic acids is 2. The topological polar surface area (TPSA) is 75.9 Å². The minimum absolute atomic E-state index is 0.0509. The van der Waals surface area contributed by atoms with Crippen molar-refractivity contribution in [3.63, 3.8) is 0 Å². The Kier molecular flexibility index (Phi) is 4.67. The lowest BCUT2D eigenvalue weighted by atomic mass is 10.1. The average Bonchev–Trinajstić information content (AvgIpc) is 2.71. The molecule has 1 heterocycles. The summed E-state index contributed by atoms with van der Waals surface area (Å²) in [5.41, 5.74) is 6.81. The SMILES string of the molecule is COc1cc(N)cc(C(=O)N2CCCN(C(C)=O)CC2)c1. The summed E-state index contributed by atoms with van der Waals surface area (Å²) in [7, 11) is 1.54. The number of hydrogen-bond acceptors (Lipinski definition) is 4. The minimum atomic E-state index is -0.0778. The van der Waals surface area contributed by atoms with E-state index in [1.165, 1.54) is 0 Å². The smallest absolute Gasteiger partial charge is 0.254 e. The van der Waals surface area contributed by atoms with E-state index in [1.54, 1.807) is 42.0 Å². The second-order valence-corrected chi connectivity index (χ2v) is 5.15. The number of rotatable bonds is 2. The summed E-state index contributed by atoms with van der Waals surface area (Å²) in [5, 5.41) is 0. The molecule has 2 amide bonds. The average molecular weight is 291 g/mol. The van der Waals surface area contributed by atoms with Crippen LogP contribution in [0.1, 0.15) is 23.7 Å². The maximum absolute atomic E-state index is 12.6. The van der Waals surface area contributed by atoms with Crippen LogP contribution in [-0.4, -0.2) is 54.9 Å². The van der Waals surface area contributed by atoms with Crippen molar-refractivity contribution in [1.82, 2.24) is 9.80 Å². The molecule has 0 radical (unpaired) electrons. The number of methoxy groups -OCH3 is 1. The molecule has 0 spiro atoms. The van der Waals surface area contributed by atoms with Crippen molar-refractivity contribution in [2.24, 2.45) is 0 Å². The molecule has 6 heteroatoms. The van der Waals surface area contributed by atoms with Crippen LogP contribution in [0.3, 0.4) is 0 Å². The Morgan fingerprint density at radius 2 is 1.76 bits per heavy atom. The molecule has 0 unspecified atom stereocenters. The standard InChI is InChI=1S/C15H21N3O3/c1-11(19)17-4-3-5-18(7-6-17)15(20)12-8-13(16)10-14(9-12)21-2/h8-10H,3-7,16H2,1-2H3. The van der Waals surface area contributed by atoms with Crippen LogP contribution in [0.15, 0.2) is 18.2 Å². The first-order chi connectivity index (χ1) is 10.0. The molecule has 0 aromatic heterocycles. The van der Waals surface area contributed by atoms with Crippen molar-refractivity contribution in [3.05, 3.63) is 23.8 Å². The highest BCUT2D eigenvalue weighted by atomic mass is 16.5. The molecule has 1 aliphatic heterocycles. The lowest BCUT2D eigenvalue weighted by Crippen LogP contribution is -2.36. The van der Waals surface area contributed by atoms with Crippen molar-refractivity contribution in [3.8, 4) is 5.75 Å². The first-order valence-electron chi connectivity index (χ1n) is 7.00. The van der Waals surface area contributed by atoms with Gasteiger partial charge in [0.1, 0.15) is 5.75 Å². The van der Waals surface area contributed by atoms with Crippen molar-refractivity contribution < 1.29 is 14.3 Å². The fraction of sp³-hybridized carbons (Fsp3) is 0.467. The molecular formula is C15H21N3O3. The highest BCUT2D eigenvalue weighted by Crippen LogP contribution is 2.20. The van der Waals surface area contributed by atoms with Gasteiger partial charge in [0, 0.05) is 50.4 Å². The first kappa shape index (κ1) is 15.2. The van der Waals surface area contributed by atoms with Gasteiger partial charge in [0.25, 0.3) is 5.91 Å². The molecule has 21 heavy (non-hydrogen) atoms. The predicted octanol–water partition coefficient (Wildman–Crippen LogP) is 0.972. The number of anilines is 1. The van der Waals surface area contributed by atoms with E-state index in [4.69, 9.17) is 10.5 Å². The summed E-state index contributed by atoms with van der Waals surface area (Å²) in [4.78, 5) is 27.5.